The minimum absolute atomic E-state index is 0.170. The largest absolute Gasteiger partial charge is 0.489 e. The monoisotopic (exact) mass is 567 g/mol. The third-order valence-electron chi connectivity index (χ3n) is 9.22. The average Bonchev–Trinajstić information content (AvgIpc) is 3.36. The number of ether oxygens (including phenoxy) is 1. The zero-order chi connectivity index (χ0) is 28.6. The predicted octanol–water partition coefficient (Wildman–Crippen LogP) is 6.72. The highest BCUT2D eigenvalue weighted by molar-refractivity contribution is 5.53. The Morgan fingerprint density at radius 1 is 0.976 bits per heavy atom. The van der Waals surface area contributed by atoms with Gasteiger partial charge < -0.3 is 15.0 Å². The van der Waals surface area contributed by atoms with Gasteiger partial charge in [0.05, 0.1) is 12.6 Å². The van der Waals surface area contributed by atoms with Crippen molar-refractivity contribution in [2.24, 2.45) is 5.41 Å². The molecule has 6 rings (SSSR count). The molecule has 0 radical (unpaired) electrons. The van der Waals surface area contributed by atoms with Crippen molar-refractivity contribution in [2.75, 3.05) is 37.6 Å². The molecule has 41 heavy (non-hydrogen) atoms. The van der Waals surface area contributed by atoms with E-state index in [0.717, 1.165) is 56.6 Å². The van der Waals surface area contributed by atoms with E-state index in [0.29, 0.717) is 30.0 Å². The molecule has 3 aromatic carbocycles. The molecule has 4 nitrogen and oxygen atoms in total. The SMILES string of the molecule is C[C@@H]1Cc2cc(OCc3ccccc3)ccc2C(c2c(F)cc(N3CCC4(CCNCC4)C3)cc2F)N1CC(F)F. The van der Waals surface area contributed by atoms with Crippen LogP contribution in [0, 0.1) is 17.0 Å². The molecule has 3 aliphatic rings. The Bertz CT molecular complexity index is 1340. The Kier molecular flexibility index (Phi) is 7.97. The van der Waals surface area contributed by atoms with Gasteiger partial charge in [0.15, 0.2) is 0 Å². The highest BCUT2D eigenvalue weighted by Crippen LogP contribution is 2.44. The van der Waals surface area contributed by atoms with Crippen molar-refractivity contribution in [3.63, 3.8) is 0 Å². The molecule has 0 aliphatic carbocycles. The summed E-state index contributed by atoms with van der Waals surface area (Å²) >= 11 is 0. The van der Waals surface area contributed by atoms with E-state index in [1.54, 1.807) is 17.0 Å². The molecule has 1 unspecified atom stereocenters. The maximum Gasteiger partial charge on any atom is 0.251 e. The second-order valence-corrected chi connectivity index (χ2v) is 11.9. The number of hydrogen-bond donors (Lipinski definition) is 1. The molecule has 0 saturated carbocycles. The van der Waals surface area contributed by atoms with E-state index in [9.17, 15) is 8.78 Å². The van der Waals surface area contributed by atoms with Gasteiger partial charge in [-0.3, -0.25) is 4.90 Å². The molecule has 0 bridgehead atoms. The van der Waals surface area contributed by atoms with Gasteiger partial charge in [-0.2, -0.15) is 0 Å². The number of anilines is 1. The maximum atomic E-state index is 16.0. The third kappa shape index (κ3) is 5.82. The van der Waals surface area contributed by atoms with E-state index in [1.807, 2.05) is 43.3 Å². The average molecular weight is 568 g/mol. The van der Waals surface area contributed by atoms with Crippen molar-refractivity contribution < 1.29 is 22.3 Å². The normalized spacial score (nSPS) is 22.3. The number of benzene rings is 3. The smallest absolute Gasteiger partial charge is 0.251 e. The van der Waals surface area contributed by atoms with Crippen LogP contribution in [-0.2, 0) is 13.0 Å². The summed E-state index contributed by atoms with van der Waals surface area (Å²) in [5.74, 6) is -0.752. The Labute approximate surface area is 239 Å². The molecule has 2 fully saturated rings. The lowest BCUT2D eigenvalue weighted by Crippen LogP contribution is -2.45. The van der Waals surface area contributed by atoms with Gasteiger partial charge in [0.2, 0.25) is 0 Å². The first-order chi connectivity index (χ1) is 19.8. The van der Waals surface area contributed by atoms with Crippen LogP contribution >= 0.6 is 0 Å². The molecular formula is C33H37F4N3O. The minimum Gasteiger partial charge on any atom is -0.489 e. The Hall–Kier alpha value is -3.10. The molecular weight excluding hydrogens is 530 g/mol. The van der Waals surface area contributed by atoms with Crippen LogP contribution in [0.15, 0.2) is 60.7 Å². The van der Waals surface area contributed by atoms with Gasteiger partial charge >= 0.3 is 0 Å². The van der Waals surface area contributed by atoms with Crippen molar-refractivity contribution in [3.05, 3.63) is 94.6 Å². The van der Waals surface area contributed by atoms with Gasteiger partial charge in [-0.05, 0) is 92.1 Å². The summed E-state index contributed by atoms with van der Waals surface area (Å²) in [6, 6.07) is 16.7. The van der Waals surface area contributed by atoms with Crippen molar-refractivity contribution in [3.8, 4) is 5.75 Å². The molecule has 2 atom stereocenters. The van der Waals surface area contributed by atoms with E-state index in [-0.39, 0.29) is 17.0 Å². The first-order valence-corrected chi connectivity index (χ1v) is 14.6. The Balaban J connectivity index is 1.31. The third-order valence-corrected chi connectivity index (χ3v) is 9.22. The van der Waals surface area contributed by atoms with Gasteiger partial charge in [-0.25, -0.2) is 17.6 Å². The number of alkyl halides is 2. The summed E-state index contributed by atoms with van der Waals surface area (Å²) < 4.78 is 65.5. The standard InChI is InChI=1S/C33H37F4N3O/c1-22-15-24-16-26(41-20-23-5-3-2-4-6-23)7-8-27(24)32(40(22)19-30(36)37)31-28(34)17-25(18-29(31)35)39-14-11-33(21-39)9-12-38-13-10-33/h2-8,16-18,22,30,32,38H,9-15,19-21H2,1H3/t22-,32?/m1/s1. The fourth-order valence-electron chi connectivity index (χ4n) is 7.03. The van der Waals surface area contributed by atoms with E-state index in [1.165, 1.54) is 12.1 Å². The summed E-state index contributed by atoms with van der Waals surface area (Å²) in [5, 5.41) is 3.40. The lowest BCUT2D eigenvalue weighted by atomic mass is 9.78. The summed E-state index contributed by atoms with van der Waals surface area (Å²) in [4.78, 5) is 3.62. The molecule has 1 spiro atoms. The molecule has 3 heterocycles. The molecule has 3 aliphatic heterocycles. The number of rotatable bonds is 7. The zero-order valence-corrected chi connectivity index (χ0v) is 23.4. The van der Waals surface area contributed by atoms with E-state index < -0.39 is 30.6 Å². The minimum atomic E-state index is -2.63. The van der Waals surface area contributed by atoms with Crippen LogP contribution in [-0.4, -0.2) is 50.1 Å². The van der Waals surface area contributed by atoms with Crippen LogP contribution in [0.4, 0.5) is 23.2 Å². The summed E-state index contributed by atoms with van der Waals surface area (Å²) in [5.41, 5.74) is 3.05. The number of hydrogen-bond acceptors (Lipinski definition) is 4. The van der Waals surface area contributed by atoms with Crippen molar-refractivity contribution in [1.29, 1.82) is 0 Å². The van der Waals surface area contributed by atoms with Crippen LogP contribution in [0.2, 0.25) is 0 Å². The van der Waals surface area contributed by atoms with Gasteiger partial charge in [0.25, 0.3) is 6.43 Å². The fourth-order valence-corrected chi connectivity index (χ4v) is 7.03. The highest BCUT2D eigenvalue weighted by atomic mass is 19.3. The van der Waals surface area contributed by atoms with Gasteiger partial charge in [-0.1, -0.05) is 36.4 Å². The molecule has 3 aromatic rings. The lowest BCUT2D eigenvalue weighted by Gasteiger charge is -2.42. The Morgan fingerprint density at radius 3 is 2.41 bits per heavy atom. The first-order valence-electron chi connectivity index (χ1n) is 14.6. The van der Waals surface area contributed by atoms with Crippen molar-refractivity contribution in [1.82, 2.24) is 10.2 Å². The van der Waals surface area contributed by atoms with Gasteiger partial charge in [0, 0.05) is 30.4 Å². The topological polar surface area (TPSA) is 27.7 Å². The maximum absolute atomic E-state index is 16.0. The predicted molar refractivity (Wildman–Crippen MR) is 153 cm³/mol. The molecule has 1 N–H and O–H groups in total. The molecule has 0 aromatic heterocycles. The second kappa shape index (κ2) is 11.6. The molecule has 218 valence electrons. The van der Waals surface area contributed by atoms with Gasteiger partial charge in [0.1, 0.15) is 24.0 Å². The lowest BCUT2D eigenvalue weighted by molar-refractivity contribution is 0.0444. The van der Waals surface area contributed by atoms with Crippen LogP contribution < -0.4 is 15.0 Å². The van der Waals surface area contributed by atoms with E-state index >= 15 is 8.78 Å². The fraction of sp³-hybridized carbons (Fsp3) is 0.455. The molecule has 0 amide bonds. The van der Waals surface area contributed by atoms with Crippen molar-refractivity contribution in [2.45, 2.75) is 57.7 Å². The quantitative estimate of drug-likeness (QED) is 0.321. The number of nitrogens with zero attached hydrogens (tertiary/aromatic N) is 2. The zero-order valence-electron chi connectivity index (χ0n) is 23.4. The van der Waals surface area contributed by atoms with E-state index in [2.05, 4.69) is 10.2 Å². The molecule has 8 heteroatoms. The second-order valence-electron chi connectivity index (χ2n) is 11.9. The number of halogens is 4. The Morgan fingerprint density at radius 2 is 1.71 bits per heavy atom. The van der Waals surface area contributed by atoms with Gasteiger partial charge in [-0.15, -0.1) is 0 Å². The highest BCUT2D eigenvalue weighted by Gasteiger charge is 2.41. The molecule has 2 saturated heterocycles. The number of fused-ring (bicyclic) bond motifs is 1. The first kappa shape index (κ1) is 28.0. The van der Waals surface area contributed by atoms with Crippen LogP contribution in [0.25, 0.3) is 0 Å². The summed E-state index contributed by atoms with van der Waals surface area (Å²) in [7, 11) is 0. The van der Waals surface area contributed by atoms with E-state index in [4.69, 9.17) is 4.74 Å². The summed E-state index contributed by atoms with van der Waals surface area (Å²) in [6.07, 6.45) is 0.967. The number of nitrogens with one attached hydrogen (secondary N) is 1. The van der Waals surface area contributed by atoms with Crippen molar-refractivity contribution >= 4 is 5.69 Å². The summed E-state index contributed by atoms with van der Waals surface area (Å²) in [6.45, 7) is 5.12. The number of piperidine rings is 1. The van der Waals surface area contributed by atoms with Crippen LogP contribution in [0.1, 0.15) is 54.5 Å². The van der Waals surface area contributed by atoms with Crippen LogP contribution in [0.3, 0.4) is 0 Å². The van der Waals surface area contributed by atoms with Crippen LogP contribution in [0.5, 0.6) is 5.75 Å².